The number of hydrogen-bond acceptors (Lipinski definition) is 5. The maximum atomic E-state index is 12.2. The van der Waals surface area contributed by atoms with E-state index in [1.165, 1.54) is 6.07 Å². The molecule has 0 bridgehead atoms. The highest BCUT2D eigenvalue weighted by atomic mass is 16.6. The highest BCUT2D eigenvalue weighted by Gasteiger charge is 2.24. The molecule has 3 rings (SSSR count). The van der Waals surface area contributed by atoms with Crippen LogP contribution in [0, 0.1) is 10.1 Å². The number of carbonyl (C=O) groups excluding carboxylic acids is 1. The van der Waals surface area contributed by atoms with E-state index in [0.717, 1.165) is 5.56 Å². The van der Waals surface area contributed by atoms with Gasteiger partial charge in [0.15, 0.2) is 0 Å². The van der Waals surface area contributed by atoms with Crippen LogP contribution in [0.2, 0.25) is 0 Å². The Bertz CT molecular complexity index is 973. The van der Waals surface area contributed by atoms with Crippen LogP contribution in [0.3, 0.4) is 0 Å². The number of benzene rings is 3. The number of nitro benzene ring substituents is 1. The third-order valence-corrected chi connectivity index (χ3v) is 4.21. The van der Waals surface area contributed by atoms with Crippen molar-refractivity contribution in [3.8, 4) is 11.1 Å². The van der Waals surface area contributed by atoms with E-state index in [2.05, 4.69) is 5.32 Å². The number of anilines is 1. The minimum absolute atomic E-state index is 0.142. The normalized spacial score (nSPS) is 10.3. The lowest BCUT2D eigenvalue weighted by atomic mass is 9.98. The standard InChI is InChI=1S/C22H20N2O4/c1-2-28-22(25)18-13-19(23-15-16-9-5-3-6-10-16)21(20(14-18)24(26)27)17-11-7-4-8-12-17/h3-14,23H,2,15H2,1H3. The number of nitrogens with zero attached hydrogens (tertiary/aromatic N) is 1. The van der Waals surface area contributed by atoms with E-state index in [9.17, 15) is 14.9 Å². The second-order valence-electron chi connectivity index (χ2n) is 6.10. The Hall–Kier alpha value is -3.67. The average Bonchev–Trinajstić information content (AvgIpc) is 2.73. The first-order chi connectivity index (χ1) is 13.6. The number of nitrogens with one attached hydrogen (secondary N) is 1. The van der Waals surface area contributed by atoms with Gasteiger partial charge in [-0.15, -0.1) is 0 Å². The van der Waals surface area contributed by atoms with Crippen LogP contribution in [0.1, 0.15) is 22.8 Å². The van der Waals surface area contributed by atoms with E-state index in [4.69, 9.17) is 4.74 Å². The van der Waals surface area contributed by atoms with Gasteiger partial charge in [0, 0.05) is 12.6 Å². The van der Waals surface area contributed by atoms with Crippen molar-refractivity contribution in [1.82, 2.24) is 0 Å². The second kappa shape index (κ2) is 8.81. The Labute approximate surface area is 162 Å². The van der Waals surface area contributed by atoms with E-state index in [-0.39, 0.29) is 17.9 Å². The summed E-state index contributed by atoms with van der Waals surface area (Å²) in [6, 6.07) is 21.7. The van der Waals surface area contributed by atoms with Gasteiger partial charge in [-0.2, -0.15) is 0 Å². The lowest BCUT2D eigenvalue weighted by molar-refractivity contribution is -0.384. The molecule has 0 radical (unpaired) electrons. The summed E-state index contributed by atoms with van der Waals surface area (Å²) < 4.78 is 5.04. The van der Waals surface area contributed by atoms with Gasteiger partial charge in [-0.25, -0.2) is 4.79 Å². The molecule has 1 N–H and O–H groups in total. The van der Waals surface area contributed by atoms with Crippen molar-refractivity contribution in [2.24, 2.45) is 0 Å². The zero-order valence-corrected chi connectivity index (χ0v) is 15.4. The van der Waals surface area contributed by atoms with Crippen LogP contribution in [0.15, 0.2) is 72.8 Å². The Balaban J connectivity index is 2.11. The van der Waals surface area contributed by atoms with Gasteiger partial charge in [-0.05, 0) is 24.1 Å². The van der Waals surface area contributed by atoms with Crippen molar-refractivity contribution >= 4 is 17.3 Å². The zero-order chi connectivity index (χ0) is 19.9. The molecular formula is C22H20N2O4. The molecule has 0 atom stereocenters. The molecule has 0 fully saturated rings. The molecule has 28 heavy (non-hydrogen) atoms. The monoisotopic (exact) mass is 376 g/mol. The Kier molecular flexibility index (Phi) is 6.01. The SMILES string of the molecule is CCOC(=O)c1cc(NCc2ccccc2)c(-c2ccccc2)c([N+](=O)[O-])c1. The Morgan fingerprint density at radius 1 is 1.04 bits per heavy atom. The highest BCUT2D eigenvalue weighted by molar-refractivity contribution is 5.96. The molecule has 0 aromatic heterocycles. The minimum Gasteiger partial charge on any atom is -0.462 e. The topological polar surface area (TPSA) is 81.5 Å². The summed E-state index contributed by atoms with van der Waals surface area (Å²) in [6.07, 6.45) is 0. The smallest absolute Gasteiger partial charge is 0.338 e. The number of esters is 1. The maximum absolute atomic E-state index is 12.2. The summed E-state index contributed by atoms with van der Waals surface area (Å²) in [5, 5.41) is 15.0. The molecule has 6 heteroatoms. The van der Waals surface area contributed by atoms with Crippen molar-refractivity contribution in [2.75, 3.05) is 11.9 Å². The highest BCUT2D eigenvalue weighted by Crippen LogP contribution is 2.38. The first-order valence-corrected chi connectivity index (χ1v) is 8.93. The van der Waals surface area contributed by atoms with Gasteiger partial charge in [0.2, 0.25) is 0 Å². The molecule has 0 aliphatic heterocycles. The van der Waals surface area contributed by atoms with Crippen LogP contribution in [0.5, 0.6) is 0 Å². The van der Waals surface area contributed by atoms with Crippen molar-refractivity contribution in [1.29, 1.82) is 0 Å². The second-order valence-corrected chi connectivity index (χ2v) is 6.10. The van der Waals surface area contributed by atoms with Gasteiger partial charge in [-0.1, -0.05) is 60.7 Å². The first-order valence-electron chi connectivity index (χ1n) is 8.93. The number of ether oxygens (including phenoxy) is 1. The predicted molar refractivity (Wildman–Crippen MR) is 108 cm³/mol. The molecular weight excluding hydrogens is 356 g/mol. The summed E-state index contributed by atoms with van der Waals surface area (Å²) in [4.78, 5) is 23.5. The van der Waals surface area contributed by atoms with Gasteiger partial charge in [0.05, 0.1) is 28.3 Å². The summed E-state index contributed by atoms with van der Waals surface area (Å²) in [5.74, 6) is -0.590. The van der Waals surface area contributed by atoms with Gasteiger partial charge < -0.3 is 10.1 Å². The quantitative estimate of drug-likeness (QED) is 0.354. The van der Waals surface area contributed by atoms with Crippen LogP contribution in [-0.2, 0) is 11.3 Å². The number of hydrogen-bond donors (Lipinski definition) is 1. The largest absolute Gasteiger partial charge is 0.462 e. The summed E-state index contributed by atoms with van der Waals surface area (Å²) in [6.45, 7) is 2.35. The number of carbonyl (C=O) groups is 1. The van der Waals surface area contributed by atoms with Crippen LogP contribution >= 0.6 is 0 Å². The minimum atomic E-state index is -0.590. The maximum Gasteiger partial charge on any atom is 0.338 e. The first kappa shape index (κ1) is 19.1. The van der Waals surface area contributed by atoms with Crippen molar-refractivity contribution < 1.29 is 14.5 Å². The lowest BCUT2D eigenvalue weighted by Crippen LogP contribution is -2.09. The molecule has 3 aromatic rings. The molecule has 0 aliphatic carbocycles. The van der Waals surface area contributed by atoms with Crippen molar-refractivity contribution in [2.45, 2.75) is 13.5 Å². The van der Waals surface area contributed by atoms with Gasteiger partial charge in [0.1, 0.15) is 0 Å². The van der Waals surface area contributed by atoms with E-state index >= 15 is 0 Å². The zero-order valence-electron chi connectivity index (χ0n) is 15.4. The van der Waals surface area contributed by atoms with E-state index in [1.807, 2.05) is 48.5 Å². The van der Waals surface area contributed by atoms with E-state index in [0.29, 0.717) is 23.4 Å². The van der Waals surface area contributed by atoms with Gasteiger partial charge in [-0.3, -0.25) is 10.1 Å². The molecule has 142 valence electrons. The molecule has 0 amide bonds. The summed E-state index contributed by atoms with van der Waals surface area (Å²) in [7, 11) is 0. The average molecular weight is 376 g/mol. The number of nitro groups is 1. The third kappa shape index (κ3) is 4.35. The van der Waals surface area contributed by atoms with Gasteiger partial charge in [0.25, 0.3) is 5.69 Å². The predicted octanol–water partition coefficient (Wildman–Crippen LogP) is 5.05. The van der Waals surface area contributed by atoms with Crippen LogP contribution in [-0.4, -0.2) is 17.5 Å². The van der Waals surface area contributed by atoms with Crippen molar-refractivity contribution in [3.05, 3.63) is 94.0 Å². The third-order valence-electron chi connectivity index (χ3n) is 4.21. The molecule has 0 unspecified atom stereocenters. The lowest BCUT2D eigenvalue weighted by Gasteiger charge is -2.15. The fourth-order valence-electron chi connectivity index (χ4n) is 2.94. The molecule has 6 nitrogen and oxygen atoms in total. The molecule has 0 saturated heterocycles. The van der Waals surface area contributed by atoms with Crippen molar-refractivity contribution in [3.63, 3.8) is 0 Å². The fraction of sp³-hybridized carbons (Fsp3) is 0.136. The molecule has 0 heterocycles. The molecule has 0 aliphatic rings. The summed E-state index contributed by atoms with van der Waals surface area (Å²) in [5.41, 5.74) is 2.66. The summed E-state index contributed by atoms with van der Waals surface area (Å²) >= 11 is 0. The molecule has 0 spiro atoms. The number of rotatable bonds is 7. The van der Waals surface area contributed by atoms with Crippen LogP contribution in [0.25, 0.3) is 11.1 Å². The molecule has 3 aromatic carbocycles. The Morgan fingerprint density at radius 2 is 1.68 bits per heavy atom. The van der Waals surface area contributed by atoms with Crippen LogP contribution in [0.4, 0.5) is 11.4 Å². The Morgan fingerprint density at radius 3 is 2.29 bits per heavy atom. The van der Waals surface area contributed by atoms with E-state index in [1.54, 1.807) is 25.1 Å². The van der Waals surface area contributed by atoms with Gasteiger partial charge >= 0.3 is 5.97 Å². The van der Waals surface area contributed by atoms with Crippen LogP contribution < -0.4 is 5.32 Å². The van der Waals surface area contributed by atoms with E-state index < -0.39 is 10.9 Å². The fourth-order valence-corrected chi connectivity index (χ4v) is 2.94. The molecule has 0 saturated carbocycles.